The van der Waals surface area contributed by atoms with Crippen LogP contribution in [0.2, 0.25) is 0 Å². The molecule has 0 nitrogen and oxygen atoms in total. The van der Waals surface area contributed by atoms with Crippen molar-refractivity contribution >= 4 is 5.57 Å². The Hall–Kier alpha value is -2.00. The Labute approximate surface area is 231 Å². The van der Waals surface area contributed by atoms with E-state index in [0.717, 1.165) is 24.2 Å². The second-order valence-electron chi connectivity index (χ2n) is 11.8. The Morgan fingerprint density at radius 3 is 2.03 bits per heavy atom. The molecule has 1 aromatic carbocycles. The monoisotopic (exact) mass is 500 g/mol. The van der Waals surface area contributed by atoms with Crippen LogP contribution in [-0.4, -0.2) is 0 Å². The molecule has 0 aliphatic heterocycles. The minimum Gasteiger partial charge on any atom is -0.102 e. The first-order valence-electron chi connectivity index (χ1n) is 15.5. The maximum Gasteiger partial charge on any atom is 0.00262 e. The predicted molar refractivity (Wildman–Crippen MR) is 167 cm³/mol. The summed E-state index contributed by atoms with van der Waals surface area (Å²) in [5.74, 6) is 9.15. The molecule has 0 heteroatoms. The fourth-order valence-corrected chi connectivity index (χ4v) is 5.83. The zero-order valence-corrected chi connectivity index (χ0v) is 25.4. The largest absolute Gasteiger partial charge is 0.102 e. The Morgan fingerprint density at radius 1 is 0.757 bits per heavy atom. The number of hydrogen-bond donors (Lipinski definition) is 0. The number of fused-ring (bicyclic) bond motifs is 2. The van der Waals surface area contributed by atoms with Gasteiger partial charge >= 0.3 is 0 Å². The summed E-state index contributed by atoms with van der Waals surface area (Å²) in [6.07, 6.45) is 24.4. The smallest absolute Gasteiger partial charge is 0.00262 e. The van der Waals surface area contributed by atoms with Gasteiger partial charge in [-0.3, -0.25) is 0 Å². The van der Waals surface area contributed by atoms with Crippen LogP contribution in [0.15, 0.2) is 47.6 Å². The molecule has 0 N–H and O–H groups in total. The van der Waals surface area contributed by atoms with Gasteiger partial charge in [0.15, 0.2) is 0 Å². The van der Waals surface area contributed by atoms with Gasteiger partial charge in [-0.2, -0.15) is 0 Å². The lowest BCUT2D eigenvalue weighted by atomic mass is 9.85. The van der Waals surface area contributed by atoms with Crippen molar-refractivity contribution < 1.29 is 0 Å². The number of aryl methyl sites for hydroxylation is 2. The molecule has 0 aromatic heterocycles. The summed E-state index contributed by atoms with van der Waals surface area (Å²) < 4.78 is 0. The molecule has 37 heavy (non-hydrogen) atoms. The van der Waals surface area contributed by atoms with E-state index in [9.17, 15) is 0 Å². The highest BCUT2D eigenvalue weighted by Gasteiger charge is 2.14. The van der Waals surface area contributed by atoms with E-state index in [1.807, 2.05) is 6.92 Å². The molecule has 0 spiro atoms. The first-order valence-corrected chi connectivity index (χ1v) is 15.5. The van der Waals surface area contributed by atoms with Crippen LogP contribution in [0.5, 0.6) is 0 Å². The topological polar surface area (TPSA) is 0 Å². The van der Waals surface area contributed by atoms with E-state index < -0.39 is 0 Å². The lowest BCUT2D eigenvalue weighted by molar-refractivity contribution is 0.333. The molecule has 204 valence electrons. The Morgan fingerprint density at radius 2 is 1.41 bits per heavy atom. The van der Waals surface area contributed by atoms with Crippen LogP contribution < -0.4 is 0 Å². The van der Waals surface area contributed by atoms with Crippen LogP contribution in [0.1, 0.15) is 135 Å². The Balaban J connectivity index is 0.000000591. The van der Waals surface area contributed by atoms with Gasteiger partial charge in [0.05, 0.1) is 0 Å². The highest BCUT2D eigenvalue weighted by atomic mass is 14.2. The van der Waals surface area contributed by atoms with Gasteiger partial charge in [0.25, 0.3) is 0 Å². The highest BCUT2D eigenvalue weighted by molar-refractivity contribution is 5.83. The van der Waals surface area contributed by atoms with Crippen molar-refractivity contribution in [1.29, 1.82) is 0 Å². The average molecular weight is 501 g/mol. The van der Waals surface area contributed by atoms with Gasteiger partial charge in [-0.05, 0) is 105 Å². The Kier molecular flexibility index (Phi) is 14.8. The van der Waals surface area contributed by atoms with Crippen LogP contribution in [0.25, 0.3) is 5.57 Å². The molecule has 2 aliphatic carbocycles. The fraction of sp³-hybridized carbons (Fsp3) is 0.622. The summed E-state index contributed by atoms with van der Waals surface area (Å²) in [6, 6.07) is 7.07. The van der Waals surface area contributed by atoms with E-state index in [1.54, 1.807) is 0 Å². The molecule has 0 amide bonds. The van der Waals surface area contributed by atoms with E-state index in [1.165, 1.54) is 110 Å². The third-order valence-corrected chi connectivity index (χ3v) is 8.73. The number of hydrogen-bond acceptors (Lipinski definition) is 0. The molecule has 0 saturated heterocycles. The summed E-state index contributed by atoms with van der Waals surface area (Å²) >= 11 is 0. The summed E-state index contributed by atoms with van der Waals surface area (Å²) in [7, 11) is 0. The first kappa shape index (κ1) is 31.2. The van der Waals surface area contributed by atoms with Gasteiger partial charge < -0.3 is 0 Å². The average Bonchev–Trinajstić information content (AvgIpc) is 2.90. The van der Waals surface area contributed by atoms with Gasteiger partial charge in [-0.1, -0.05) is 115 Å². The van der Waals surface area contributed by atoms with Crippen molar-refractivity contribution in [3.05, 3.63) is 64.3 Å². The van der Waals surface area contributed by atoms with Crippen molar-refractivity contribution in [2.45, 2.75) is 132 Å². The van der Waals surface area contributed by atoms with Crippen LogP contribution >= 0.6 is 0 Å². The summed E-state index contributed by atoms with van der Waals surface area (Å²) in [6.45, 7) is 15.8. The first-order chi connectivity index (χ1) is 17.9. The molecule has 0 heterocycles. The molecule has 3 rings (SSSR count). The van der Waals surface area contributed by atoms with Gasteiger partial charge in [-0.25, -0.2) is 0 Å². The fourth-order valence-electron chi connectivity index (χ4n) is 5.83. The van der Waals surface area contributed by atoms with Gasteiger partial charge in [0.1, 0.15) is 0 Å². The lowest BCUT2D eigenvalue weighted by Gasteiger charge is -2.20. The maximum absolute atomic E-state index is 3.38. The zero-order chi connectivity index (χ0) is 27.0. The summed E-state index contributed by atoms with van der Waals surface area (Å²) in [5, 5.41) is 0. The second kappa shape index (κ2) is 17.5. The second-order valence-corrected chi connectivity index (χ2v) is 11.8. The summed E-state index contributed by atoms with van der Waals surface area (Å²) in [4.78, 5) is 0. The predicted octanol–water partition coefficient (Wildman–Crippen LogP) is 11.4. The van der Waals surface area contributed by atoms with Crippen molar-refractivity contribution in [2.75, 3.05) is 0 Å². The highest BCUT2D eigenvalue weighted by Crippen LogP contribution is 2.31. The standard InChI is InChI=1S/C30H42.C7H14/c1-7-14-26-16-13-11-10-12-15-23(4)24(5)17-19-27-20-18-25(6)30(22-27)29(9-3)28(8-2)21-26;1-7-5-3-2-4-6-7/h8-9,18,20-24H,10-13,15-17,19H2,1-6H3;7H,2-6H2,1H3/b26-21-,28-8+,29-9-;. The summed E-state index contributed by atoms with van der Waals surface area (Å²) in [5.41, 5.74) is 8.08. The minimum absolute atomic E-state index is 0.783. The molecular weight excluding hydrogens is 444 g/mol. The van der Waals surface area contributed by atoms with Crippen molar-refractivity contribution in [1.82, 2.24) is 0 Å². The third-order valence-electron chi connectivity index (χ3n) is 8.73. The molecular formula is C37H56. The molecule has 2 bridgehead atoms. The minimum atomic E-state index is 0.783. The Bertz CT molecular complexity index is 951. The quantitative estimate of drug-likeness (QED) is 0.311. The third kappa shape index (κ3) is 11.1. The van der Waals surface area contributed by atoms with Crippen molar-refractivity contribution in [3.63, 3.8) is 0 Å². The molecule has 1 saturated carbocycles. The number of rotatable bonds is 0. The van der Waals surface area contributed by atoms with E-state index in [0.29, 0.717) is 0 Å². The van der Waals surface area contributed by atoms with Crippen molar-refractivity contribution in [2.24, 2.45) is 17.8 Å². The molecule has 1 fully saturated rings. The van der Waals surface area contributed by atoms with Crippen molar-refractivity contribution in [3.8, 4) is 11.8 Å². The zero-order valence-electron chi connectivity index (χ0n) is 25.4. The maximum atomic E-state index is 3.38. The van der Waals surface area contributed by atoms with Gasteiger partial charge in [0.2, 0.25) is 0 Å². The molecule has 2 unspecified atom stereocenters. The normalized spacial score (nSPS) is 26.2. The molecule has 2 atom stereocenters. The van der Waals surface area contributed by atoms with E-state index in [4.69, 9.17) is 0 Å². The van der Waals surface area contributed by atoms with E-state index >= 15 is 0 Å². The SMILES string of the molecule is CC#C/C1=C/C(=C\C)C(=C/C)/c2cc(ccc2C)CCC(C)C(C)CCCCCC1.CC1CCCCC1. The molecule has 1 aromatic rings. The van der Waals surface area contributed by atoms with Gasteiger partial charge in [0, 0.05) is 5.57 Å². The van der Waals surface area contributed by atoms with E-state index in [-0.39, 0.29) is 0 Å². The van der Waals surface area contributed by atoms with Gasteiger partial charge in [-0.15, -0.1) is 5.92 Å². The van der Waals surface area contributed by atoms with Crippen LogP contribution in [0, 0.1) is 36.5 Å². The van der Waals surface area contributed by atoms with Crippen LogP contribution in [-0.2, 0) is 6.42 Å². The van der Waals surface area contributed by atoms with Crippen LogP contribution in [0.4, 0.5) is 0 Å². The number of allylic oxidation sites excluding steroid dienone is 6. The molecule has 0 radical (unpaired) electrons. The van der Waals surface area contributed by atoms with Crippen LogP contribution in [0.3, 0.4) is 0 Å². The molecule has 2 aliphatic rings. The van der Waals surface area contributed by atoms with E-state index in [2.05, 4.69) is 89.8 Å². The number of benzene rings is 1. The lowest BCUT2D eigenvalue weighted by Crippen LogP contribution is -2.09.